The SMILES string of the molecule is Cc1nn(Cc2ccc(Cl)cc2F)c2c1CCN(C(=O)CC1CCN(C)C(C(F)(F)F)C1)C2. The predicted octanol–water partition coefficient (Wildman–Crippen LogP) is 4.58. The zero-order valence-corrected chi connectivity index (χ0v) is 19.4. The molecule has 4 rings (SSSR count). The molecule has 1 fully saturated rings. The molecule has 1 aromatic carbocycles. The second-order valence-corrected chi connectivity index (χ2v) is 9.54. The summed E-state index contributed by atoms with van der Waals surface area (Å²) in [6.07, 6.45) is -3.06. The molecule has 2 aromatic rings. The number of hydrogen-bond acceptors (Lipinski definition) is 3. The van der Waals surface area contributed by atoms with Gasteiger partial charge in [0.25, 0.3) is 0 Å². The molecule has 5 nitrogen and oxygen atoms in total. The summed E-state index contributed by atoms with van der Waals surface area (Å²) >= 11 is 5.84. The normalized spacial score (nSPS) is 21.8. The Hall–Kier alpha value is -2.13. The fourth-order valence-electron chi connectivity index (χ4n) is 4.93. The molecule has 0 spiro atoms. The summed E-state index contributed by atoms with van der Waals surface area (Å²) in [4.78, 5) is 16.0. The average molecular weight is 487 g/mol. The number of rotatable bonds is 4. The van der Waals surface area contributed by atoms with Crippen molar-refractivity contribution in [2.75, 3.05) is 20.1 Å². The molecule has 1 aromatic heterocycles. The van der Waals surface area contributed by atoms with Crippen LogP contribution >= 0.6 is 11.6 Å². The minimum absolute atomic E-state index is 0.0578. The van der Waals surface area contributed by atoms with E-state index < -0.39 is 18.0 Å². The van der Waals surface area contributed by atoms with E-state index in [4.69, 9.17) is 11.6 Å². The summed E-state index contributed by atoms with van der Waals surface area (Å²) in [5.74, 6) is -0.856. The van der Waals surface area contributed by atoms with Crippen LogP contribution in [-0.2, 0) is 24.3 Å². The van der Waals surface area contributed by atoms with Gasteiger partial charge >= 0.3 is 6.18 Å². The van der Waals surface area contributed by atoms with E-state index >= 15 is 0 Å². The van der Waals surface area contributed by atoms with Gasteiger partial charge in [-0.3, -0.25) is 14.4 Å². The quantitative estimate of drug-likeness (QED) is 0.594. The van der Waals surface area contributed by atoms with Crippen molar-refractivity contribution >= 4 is 17.5 Å². The van der Waals surface area contributed by atoms with E-state index in [1.807, 2.05) is 6.92 Å². The number of carbonyl (C=O) groups excluding carboxylic acids is 1. The number of alkyl halides is 3. The van der Waals surface area contributed by atoms with Crippen molar-refractivity contribution in [3.8, 4) is 0 Å². The van der Waals surface area contributed by atoms with Crippen LogP contribution in [0, 0.1) is 18.7 Å². The maximum atomic E-state index is 14.3. The summed E-state index contributed by atoms with van der Waals surface area (Å²) in [5.41, 5.74) is 3.18. The minimum Gasteiger partial charge on any atom is -0.336 e. The molecule has 10 heteroatoms. The van der Waals surface area contributed by atoms with Crippen LogP contribution in [0.1, 0.15) is 41.8 Å². The van der Waals surface area contributed by atoms with E-state index in [-0.39, 0.29) is 31.2 Å². The maximum absolute atomic E-state index is 14.3. The molecule has 0 N–H and O–H groups in total. The summed E-state index contributed by atoms with van der Waals surface area (Å²) < 4.78 is 56.0. The Morgan fingerprint density at radius 1 is 1.27 bits per heavy atom. The lowest BCUT2D eigenvalue weighted by Crippen LogP contribution is -2.49. The Morgan fingerprint density at radius 2 is 2.03 bits per heavy atom. The third-order valence-corrected chi connectivity index (χ3v) is 7.08. The molecule has 2 unspecified atom stereocenters. The lowest BCUT2D eigenvalue weighted by molar-refractivity contribution is -0.192. The number of amides is 1. The minimum atomic E-state index is -4.29. The fraction of sp³-hybridized carbons (Fsp3) is 0.565. The second-order valence-electron chi connectivity index (χ2n) is 9.10. The number of piperidine rings is 1. The summed E-state index contributed by atoms with van der Waals surface area (Å²) in [5, 5.41) is 4.87. The highest BCUT2D eigenvalue weighted by atomic mass is 35.5. The molecule has 2 atom stereocenters. The van der Waals surface area contributed by atoms with Crippen molar-refractivity contribution in [3.05, 3.63) is 51.6 Å². The van der Waals surface area contributed by atoms with Crippen molar-refractivity contribution in [2.45, 2.75) is 57.9 Å². The number of likely N-dealkylation sites (tertiary alicyclic amines) is 1. The predicted molar refractivity (Wildman–Crippen MR) is 116 cm³/mol. The lowest BCUT2D eigenvalue weighted by atomic mass is 9.87. The van der Waals surface area contributed by atoms with Gasteiger partial charge in [-0.25, -0.2) is 4.39 Å². The van der Waals surface area contributed by atoms with Crippen LogP contribution in [0.3, 0.4) is 0 Å². The Morgan fingerprint density at radius 3 is 2.73 bits per heavy atom. The summed E-state index contributed by atoms with van der Waals surface area (Å²) in [7, 11) is 1.48. The van der Waals surface area contributed by atoms with Crippen LogP contribution in [0.5, 0.6) is 0 Å². The molecule has 33 heavy (non-hydrogen) atoms. The van der Waals surface area contributed by atoms with Crippen LogP contribution in [-0.4, -0.2) is 57.8 Å². The molecule has 0 saturated carbocycles. The van der Waals surface area contributed by atoms with Gasteiger partial charge in [-0.15, -0.1) is 0 Å². The van der Waals surface area contributed by atoms with Crippen molar-refractivity contribution < 1.29 is 22.4 Å². The van der Waals surface area contributed by atoms with E-state index in [0.29, 0.717) is 43.1 Å². The third kappa shape index (κ3) is 5.19. The van der Waals surface area contributed by atoms with Gasteiger partial charge in [-0.1, -0.05) is 17.7 Å². The Balaban J connectivity index is 1.45. The van der Waals surface area contributed by atoms with E-state index in [1.165, 1.54) is 18.0 Å². The lowest BCUT2D eigenvalue weighted by Gasteiger charge is -2.38. The van der Waals surface area contributed by atoms with Crippen molar-refractivity contribution in [1.29, 1.82) is 0 Å². The highest BCUT2D eigenvalue weighted by molar-refractivity contribution is 6.30. The van der Waals surface area contributed by atoms with Gasteiger partial charge < -0.3 is 4.90 Å². The largest absolute Gasteiger partial charge is 0.404 e. The van der Waals surface area contributed by atoms with Crippen LogP contribution in [0.15, 0.2) is 18.2 Å². The number of aromatic nitrogens is 2. The molecule has 2 aliphatic heterocycles. The van der Waals surface area contributed by atoms with Crippen LogP contribution in [0.4, 0.5) is 17.6 Å². The van der Waals surface area contributed by atoms with Gasteiger partial charge in [0.2, 0.25) is 5.91 Å². The highest BCUT2D eigenvalue weighted by Crippen LogP contribution is 2.35. The van der Waals surface area contributed by atoms with Gasteiger partial charge in [-0.05, 0) is 63.4 Å². The van der Waals surface area contributed by atoms with Crippen molar-refractivity contribution in [3.63, 3.8) is 0 Å². The number of fused-ring (bicyclic) bond motifs is 1. The van der Waals surface area contributed by atoms with Crippen LogP contribution in [0.25, 0.3) is 0 Å². The number of halogens is 5. The number of hydrogen-bond donors (Lipinski definition) is 0. The summed E-state index contributed by atoms with van der Waals surface area (Å²) in [6.45, 7) is 3.25. The number of aryl methyl sites for hydroxylation is 1. The number of benzene rings is 1. The van der Waals surface area contributed by atoms with Gasteiger partial charge in [0.1, 0.15) is 11.9 Å². The first kappa shape index (κ1) is 24.0. The first-order valence-electron chi connectivity index (χ1n) is 11.1. The van der Waals surface area contributed by atoms with Gasteiger partial charge in [-0.2, -0.15) is 18.3 Å². The summed E-state index contributed by atoms with van der Waals surface area (Å²) in [6, 6.07) is 2.99. The monoisotopic (exact) mass is 486 g/mol. The molecule has 0 bridgehead atoms. The van der Waals surface area contributed by atoms with Crippen molar-refractivity contribution in [2.24, 2.45) is 5.92 Å². The smallest absolute Gasteiger partial charge is 0.336 e. The molecule has 3 heterocycles. The van der Waals surface area contributed by atoms with Gasteiger partial charge in [0.15, 0.2) is 0 Å². The van der Waals surface area contributed by atoms with E-state index in [9.17, 15) is 22.4 Å². The van der Waals surface area contributed by atoms with E-state index in [0.717, 1.165) is 17.0 Å². The molecule has 180 valence electrons. The standard InChI is InChI=1S/C23H27ClF4N4O/c1-14-18-6-8-31(22(33)10-15-5-7-30(2)21(9-15)23(26,27)28)13-20(18)32(29-14)12-16-3-4-17(24)11-19(16)25/h3-4,11,15,21H,5-10,12-13H2,1-2H3. The highest BCUT2D eigenvalue weighted by Gasteiger charge is 2.45. The topological polar surface area (TPSA) is 41.4 Å². The molecular formula is C23H27ClF4N4O. The molecule has 0 aliphatic carbocycles. The molecule has 1 amide bonds. The zero-order chi connectivity index (χ0) is 23.9. The first-order chi connectivity index (χ1) is 15.5. The zero-order valence-electron chi connectivity index (χ0n) is 18.6. The second kappa shape index (κ2) is 9.25. The van der Waals surface area contributed by atoms with Gasteiger partial charge in [0.05, 0.1) is 24.5 Å². The van der Waals surface area contributed by atoms with Gasteiger partial charge in [0, 0.05) is 23.6 Å². The van der Waals surface area contributed by atoms with Crippen LogP contribution < -0.4 is 0 Å². The molecular weight excluding hydrogens is 460 g/mol. The number of carbonyl (C=O) groups is 1. The molecule has 1 saturated heterocycles. The fourth-order valence-corrected chi connectivity index (χ4v) is 5.09. The number of nitrogens with zero attached hydrogens (tertiary/aromatic N) is 4. The third-order valence-electron chi connectivity index (χ3n) is 6.85. The van der Waals surface area contributed by atoms with Crippen molar-refractivity contribution in [1.82, 2.24) is 19.6 Å². The molecule has 0 radical (unpaired) electrons. The Bertz CT molecular complexity index is 1040. The van der Waals surface area contributed by atoms with E-state index in [1.54, 1.807) is 21.7 Å². The molecule has 2 aliphatic rings. The Labute approximate surface area is 195 Å². The average Bonchev–Trinajstić information content (AvgIpc) is 3.05. The maximum Gasteiger partial charge on any atom is 0.404 e. The Kier molecular flexibility index (Phi) is 6.73. The van der Waals surface area contributed by atoms with E-state index in [2.05, 4.69) is 5.10 Å². The first-order valence-corrected chi connectivity index (χ1v) is 11.4. The van der Waals surface area contributed by atoms with Crippen LogP contribution in [0.2, 0.25) is 5.02 Å².